The summed E-state index contributed by atoms with van der Waals surface area (Å²) >= 11 is 0. The fraction of sp³-hybridized carbons (Fsp3) is 0.478. The van der Waals surface area contributed by atoms with E-state index in [-0.39, 0.29) is 23.8 Å². The lowest BCUT2D eigenvalue weighted by Gasteiger charge is -2.39. The quantitative estimate of drug-likeness (QED) is 0.891. The predicted octanol–water partition coefficient (Wildman–Crippen LogP) is 3.03. The summed E-state index contributed by atoms with van der Waals surface area (Å²) in [6.45, 7) is 2.65. The van der Waals surface area contributed by atoms with Crippen molar-refractivity contribution in [1.82, 2.24) is 9.80 Å². The minimum atomic E-state index is 0.0173. The highest BCUT2D eigenvalue weighted by Crippen LogP contribution is 2.27. The normalized spacial score (nSPS) is 21.1. The van der Waals surface area contributed by atoms with Crippen molar-refractivity contribution < 1.29 is 9.59 Å². The maximum Gasteiger partial charge on any atom is 0.254 e. The van der Waals surface area contributed by atoms with Crippen molar-refractivity contribution in [3.05, 3.63) is 48.0 Å². The zero-order chi connectivity index (χ0) is 19.5. The summed E-state index contributed by atoms with van der Waals surface area (Å²) in [6, 6.07) is 14.1. The van der Waals surface area contributed by atoms with Crippen LogP contribution in [0.5, 0.6) is 0 Å². The molecule has 0 saturated carbocycles. The second-order valence-electron chi connectivity index (χ2n) is 8.01. The third-order valence-corrected chi connectivity index (χ3v) is 6.33. The third kappa shape index (κ3) is 3.63. The van der Waals surface area contributed by atoms with Gasteiger partial charge in [0, 0.05) is 43.7 Å². The van der Waals surface area contributed by atoms with Crippen molar-refractivity contribution >= 4 is 22.6 Å². The molecule has 0 bridgehead atoms. The van der Waals surface area contributed by atoms with Crippen LogP contribution in [0.4, 0.5) is 0 Å². The lowest BCUT2D eigenvalue weighted by molar-refractivity contribution is -0.140. The summed E-state index contributed by atoms with van der Waals surface area (Å²) in [5, 5.41) is 2.07. The molecular weight excluding hydrogens is 350 g/mol. The van der Waals surface area contributed by atoms with Crippen molar-refractivity contribution in [2.75, 3.05) is 26.2 Å². The van der Waals surface area contributed by atoms with Gasteiger partial charge >= 0.3 is 0 Å². The van der Waals surface area contributed by atoms with E-state index in [9.17, 15) is 9.59 Å². The van der Waals surface area contributed by atoms with Crippen LogP contribution in [0.1, 0.15) is 42.5 Å². The Labute approximate surface area is 166 Å². The fourth-order valence-corrected chi connectivity index (χ4v) is 4.68. The fourth-order valence-electron chi connectivity index (χ4n) is 4.68. The van der Waals surface area contributed by atoms with Gasteiger partial charge in [0.05, 0.1) is 0 Å². The number of hydrogen-bond acceptors (Lipinski definition) is 3. The van der Waals surface area contributed by atoms with Gasteiger partial charge in [0.2, 0.25) is 5.91 Å². The number of nitrogens with two attached hydrogens (primary N) is 1. The van der Waals surface area contributed by atoms with Crippen molar-refractivity contribution in [2.45, 2.75) is 38.1 Å². The van der Waals surface area contributed by atoms with Crippen LogP contribution in [0.3, 0.4) is 0 Å². The molecule has 2 aliphatic rings. The van der Waals surface area contributed by atoms with Crippen molar-refractivity contribution in [3.63, 3.8) is 0 Å². The molecule has 0 aromatic heterocycles. The van der Waals surface area contributed by atoms with E-state index in [2.05, 4.69) is 0 Å². The van der Waals surface area contributed by atoms with Gasteiger partial charge in [0.15, 0.2) is 0 Å². The van der Waals surface area contributed by atoms with Gasteiger partial charge in [-0.15, -0.1) is 0 Å². The van der Waals surface area contributed by atoms with E-state index in [1.54, 1.807) is 0 Å². The molecule has 2 amide bonds. The van der Waals surface area contributed by atoms with Gasteiger partial charge in [-0.2, -0.15) is 0 Å². The van der Waals surface area contributed by atoms with E-state index < -0.39 is 0 Å². The van der Waals surface area contributed by atoms with E-state index in [1.165, 1.54) is 0 Å². The van der Waals surface area contributed by atoms with Crippen molar-refractivity contribution in [3.8, 4) is 0 Å². The average Bonchev–Trinajstić information content (AvgIpc) is 2.77. The summed E-state index contributed by atoms with van der Waals surface area (Å²) in [5.74, 6) is 0.330. The van der Waals surface area contributed by atoms with Crippen LogP contribution in [0.25, 0.3) is 10.8 Å². The molecule has 5 heteroatoms. The van der Waals surface area contributed by atoms with Gasteiger partial charge < -0.3 is 15.5 Å². The van der Waals surface area contributed by atoms with Gasteiger partial charge in [-0.05, 0) is 48.9 Å². The number of piperidine rings is 2. The average molecular weight is 380 g/mol. The Morgan fingerprint density at radius 1 is 0.929 bits per heavy atom. The van der Waals surface area contributed by atoms with Crippen LogP contribution in [0, 0.1) is 5.92 Å². The maximum absolute atomic E-state index is 13.1. The van der Waals surface area contributed by atoms with Gasteiger partial charge in [-0.25, -0.2) is 0 Å². The Balaban J connectivity index is 1.42. The van der Waals surface area contributed by atoms with Gasteiger partial charge in [0.25, 0.3) is 5.91 Å². The molecule has 0 spiro atoms. The minimum absolute atomic E-state index is 0.0173. The Bertz CT molecular complexity index is 853. The van der Waals surface area contributed by atoms with E-state index in [4.69, 9.17) is 5.73 Å². The highest BCUT2D eigenvalue weighted by Gasteiger charge is 2.34. The van der Waals surface area contributed by atoms with E-state index in [1.807, 2.05) is 52.3 Å². The summed E-state index contributed by atoms with van der Waals surface area (Å²) in [6.07, 6.45) is 4.72. The number of fused-ring (bicyclic) bond motifs is 1. The molecule has 2 fully saturated rings. The van der Waals surface area contributed by atoms with Crippen LogP contribution >= 0.6 is 0 Å². The Hall–Kier alpha value is -2.40. The number of carbonyl (C=O) groups excluding carboxylic acids is 2. The first-order chi connectivity index (χ1) is 13.7. The largest absolute Gasteiger partial charge is 0.339 e. The standard InChI is InChI=1S/C23H29N3O2/c24-16-19-8-3-4-13-26(19)22(27)18-11-14-25(15-12-18)23(28)21-10-5-7-17-6-1-2-9-20(17)21/h1-2,5-7,9-10,18-19H,3-4,8,11-16,24H2. The number of carbonyl (C=O) groups is 2. The number of likely N-dealkylation sites (tertiary alicyclic amines) is 2. The first-order valence-corrected chi connectivity index (χ1v) is 10.5. The molecule has 2 heterocycles. The summed E-state index contributed by atoms with van der Waals surface area (Å²) in [4.78, 5) is 30.0. The van der Waals surface area contributed by atoms with E-state index in [0.717, 1.165) is 55.0 Å². The lowest BCUT2D eigenvalue weighted by atomic mass is 9.92. The van der Waals surface area contributed by atoms with Gasteiger partial charge in [0.1, 0.15) is 0 Å². The second kappa shape index (κ2) is 8.31. The smallest absolute Gasteiger partial charge is 0.254 e. The van der Waals surface area contributed by atoms with E-state index in [0.29, 0.717) is 19.6 Å². The molecule has 4 rings (SSSR count). The van der Waals surface area contributed by atoms with Crippen LogP contribution < -0.4 is 5.73 Å². The predicted molar refractivity (Wildman–Crippen MR) is 111 cm³/mol. The molecule has 0 radical (unpaired) electrons. The Morgan fingerprint density at radius 3 is 2.46 bits per heavy atom. The summed E-state index contributed by atoms with van der Waals surface area (Å²) in [7, 11) is 0. The summed E-state index contributed by atoms with van der Waals surface area (Å²) < 4.78 is 0. The van der Waals surface area contributed by atoms with Crippen LogP contribution in [0.2, 0.25) is 0 Å². The number of benzene rings is 2. The third-order valence-electron chi connectivity index (χ3n) is 6.33. The Morgan fingerprint density at radius 2 is 1.68 bits per heavy atom. The van der Waals surface area contributed by atoms with Crippen LogP contribution in [0.15, 0.2) is 42.5 Å². The SMILES string of the molecule is NCC1CCCCN1C(=O)C1CCN(C(=O)c2cccc3ccccc23)CC1. The first kappa shape index (κ1) is 18.9. The monoisotopic (exact) mass is 379 g/mol. The molecule has 0 aliphatic carbocycles. The minimum Gasteiger partial charge on any atom is -0.339 e. The molecule has 1 atom stereocenters. The van der Waals surface area contributed by atoms with Crippen LogP contribution in [-0.4, -0.2) is 53.8 Å². The summed E-state index contributed by atoms with van der Waals surface area (Å²) in [5.41, 5.74) is 6.64. The molecule has 1 unspecified atom stereocenters. The molecule has 2 aromatic carbocycles. The molecule has 2 aliphatic heterocycles. The maximum atomic E-state index is 13.1. The van der Waals surface area contributed by atoms with Crippen molar-refractivity contribution in [2.24, 2.45) is 11.7 Å². The molecular formula is C23H29N3O2. The second-order valence-corrected chi connectivity index (χ2v) is 8.01. The molecule has 5 nitrogen and oxygen atoms in total. The number of hydrogen-bond donors (Lipinski definition) is 1. The molecule has 148 valence electrons. The molecule has 2 aromatic rings. The molecule has 2 N–H and O–H groups in total. The lowest BCUT2D eigenvalue weighted by Crippen LogP contribution is -2.51. The van der Waals surface area contributed by atoms with Gasteiger partial charge in [-0.3, -0.25) is 9.59 Å². The number of amides is 2. The number of nitrogens with zero attached hydrogens (tertiary/aromatic N) is 2. The molecule has 2 saturated heterocycles. The highest BCUT2D eigenvalue weighted by atomic mass is 16.2. The number of rotatable bonds is 3. The molecule has 28 heavy (non-hydrogen) atoms. The zero-order valence-corrected chi connectivity index (χ0v) is 16.3. The highest BCUT2D eigenvalue weighted by molar-refractivity contribution is 6.07. The zero-order valence-electron chi connectivity index (χ0n) is 16.3. The topological polar surface area (TPSA) is 66.6 Å². The van der Waals surface area contributed by atoms with Crippen LogP contribution in [-0.2, 0) is 4.79 Å². The van der Waals surface area contributed by atoms with Crippen molar-refractivity contribution in [1.29, 1.82) is 0 Å². The van der Waals surface area contributed by atoms with E-state index >= 15 is 0 Å². The van der Waals surface area contributed by atoms with Gasteiger partial charge in [-0.1, -0.05) is 36.4 Å². The Kier molecular flexibility index (Phi) is 5.62. The first-order valence-electron chi connectivity index (χ1n) is 10.5.